The third-order valence-corrected chi connectivity index (χ3v) is 3.75. The van der Waals surface area contributed by atoms with Crippen molar-refractivity contribution < 1.29 is 9.53 Å². The summed E-state index contributed by atoms with van der Waals surface area (Å²) in [5.74, 6) is -0.140. The van der Waals surface area contributed by atoms with Gasteiger partial charge in [-0.2, -0.15) is 5.10 Å². The van der Waals surface area contributed by atoms with Crippen molar-refractivity contribution in [2.45, 2.75) is 44.7 Å². The molecule has 18 heavy (non-hydrogen) atoms. The smallest absolute Gasteiger partial charge is 0.326 e. The topological polar surface area (TPSA) is 56.1 Å². The van der Waals surface area contributed by atoms with Gasteiger partial charge in [-0.05, 0) is 46.2 Å². The molecule has 0 radical (unpaired) electrons. The zero-order chi connectivity index (χ0) is 13.2. The number of nitrogens with one attached hydrogen (secondary N) is 1. The standard InChI is InChI=1S/C13H21N3O2/c1-4-18-12(17)13(14-3)7-5-11(9-13)16-8-6-10(2)15-16/h6,8,11,14H,4-5,7,9H2,1-3H3. The van der Waals surface area contributed by atoms with Gasteiger partial charge < -0.3 is 10.1 Å². The molecule has 0 saturated heterocycles. The van der Waals surface area contributed by atoms with Gasteiger partial charge in [-0.3, -0.25) is 9.48 Å². The number of carbonyl (C=O) groups excluding carboxylic acids is 1. The van der Waals surface area contributed by atoms with E-state index in [1.165, 1.54) is 0 Å². The van der Waals surface area contributed by atoms with Crippen LogP contribution in [0.3, 0.4) is 0 Å². The molecule has 5 heteroatoms. The van der Waals surface area contributed by atoms with E-state index in [1.807, 2.05) is 37.8 Å². The minimum absolute atomic E-state index is 0.140. The van der Waals surface area contributed by atoms with Crippen molar-refractivity contribution in [3.8, 4) is 0 Å². The molecule has 0 aromatic carbocycles. The molecule has 0 spiro atoms. The van der Waals surface area contributed by atoms with Gasteiger partial charge >= 0.3 is 5.97 Å². The van der Waals surface area contributed by atoms with Gasteiger partial charge in [0.05, 0.1) is 18.3 Å². The van der Waals surface area contributed by atoms with Crippen molar-refractivity contribution in [2.24, 2.45) is 0 Å². The number of aromatic nitrogens is 2. The van der Waals surface area contributed by atoms with Crippen LogP contribution >= 0.6 is 0 Å². The number of nitrogens with zero attached hydrogens (tertiary/aromatic N) is 2. The average Bonchev–Trinajstić information content (AvgIpc) is 2.96. The minimum atomic E-state index is -0.541. The fourth-order valence-electron chi connectivity index (χ4n) is 2.67. The third-order valence-electron chi connectivity index (χ3n) is 3.75. The Kier molecular flexibility index (Phi) is 3.71. The second-order valence-electron chi connectivity index (χ2n) is 4.89. The van der Waals surface area contributed by atoms with Gasteiger partial charge in [-0.1, -0.05) is 0 Å². The van der Waals surface area contributed by atoms with E-state index in [4.69, 9.17) is 4.74 Å². The summed E-state index contributed by atoms with van der Waals surface area (Å²) in [4.78, 5) is 12.1. The highest BCUT2D eigenvalue weighted by Crippen LogP contribution is 2.38. The van der Waals surface area contributed by atoms with Crippen LogP contribution in [0.25, 0.3) is 0 Å². The maximum absolute atomic E-state index is 12.1. The maximum atomic E-state index is 12.1. The molecule has 1 aliphatic carbocycles. The average molecular weight is 251 g/mol. The molecule has 2 atom stereocenters. The van der Waals surface area contributed by atoms with Gasteiger partial charge in [0.2, 0.25) is 0 Å². The molecule has 1 aliphatic rings. The molecular weight excluding hydrogens is 230 g/mol. The van der Waals surface area contributed by atoms with Crippen LogP contribution in [0.5, 0.6) is 0 Å². The van der Waals surface area contributed by atoms with Gasteiger partial charge in [0.25, 0.3) is 0 Å². The number of aryl methyl sites for hydroxylation is 1. The van der Waals surface area contributed by atoms with Crippen LogP contribution in [0.2, 0.25) is 0 Å². The first kappa shape index (κ1) is 13.1. The van der Waals surface area contributed by atoms with E-state index >= 15 is 0 Å². The Morgan fingerprint density at radius 2 is 2.50 bits per heavy atom. The molecule has 0 bridgehead atoms. The lowest BCUT2D eigenvalue weighted by molar-refractivity contribution is -0.150. The van der Waals surface area contributed by atoms with E-state index in [0.717, 1.165) is 25.0 Å². The molecule has 1 aromatic heterocycles. The minimum Gasteiger partial charge on any atom is -0.465 e. The molecule has 1 aromatic rings. The van der Waals surface area contributed by atoms with Crippen LogP contribution in [-0.4, -0.2) is 34.9 Å². The van der Waals surface area contributed by atoms with Crippen molar-refractivity contribution in [1.82, 2.24) is 15.1 Å². The normalized spacial score (nSPS) is 27.4. The van der Waals surface area contributed by atoms with Crippen molar-refractivity contribution in [3.63, 3.8) is 0 Å². The van der Waals surface area contributed by atoms with Gasteiger partial charge in [0.1, 0.15) is 5.54 Å². The number of rotatable bonds is 4. The highest BCUT2D eigenvalue weighted by atomic mass is 16.5. The fourth-order valence-corrected chi connectivity index (χ4v) is 2.67. The summed E-state index contributed by atoms with van der Waals surface area (Å²) in [6.07, 6.45) is 4.47. The molecule has 100 valence electrons. The number of carbonyl (C=O) groups is 1. The Bertz CT molecular complexity index is 430. The highest BCUT2D eigenvalue weighted by Gasteiger charge is 2.46. The van der Waals surface area contributed by atoms with Gasteiger partial charge in [-0.15, -0.1) is 0 Å². The first-order valence-corrected chi connectivity index (χ1v) is 6.49. The number of hydrogen-bond donors (Lipinski definition) is 1. The Morgan fingerprint density at radius 3 is 3.06 bits per heavy atom. The summed E-state index contributed by atoms with van der Waals surface area (Å²) in [6.45, 7) is 4.24. The van der Waals surface area contributed by atoms with Crippen LogP contribution in [0.1, 0.15) is 37.9 Å². The monoisotopic (exact) mass is 251 g/mol. The summed E-state index contributed by atoms with van der Waals surface area (Å²) < 4.78 is 7.14. The first-order valence-electron chi connectivity index (χ1n) is 6.49. The summed E-state index contributed by atoms with van der Waals surface area (Å²) in [6, 6.07) is 2.26. The van der Waals surface area contributed by atoms with Crippen molar-refractivity contribution >= 4 is 5.97 Å². The van der Waals surface area contributed by atoms with Gasteiger partial charge in [-0.25, -0.2) is 0 Å². The SMILES string of the molecule is CCOC(=O)C1(NC)CCC(n2ccc(C)n2)C1. The molecule has 1 N–H and O–H groups in total. The Balaban J connectivity index is 2.11. The fraction of sp³-hybridized carbons (Fsp3) is 0.692. The molecule has 1 saturated carbocycles. The number of likely N-dealkylation sites (N-methyl/N-ethyl adjacent to an activating group) is 1. The molecule has 2 unspecified atom stereocenters. The predicted molar refractivity (Wildman–Crippen MR) is 68.3 cm³/mol. The maximum Gasteiger partial charge on any atom is 0.326 e. The molecule has 0 amide bonds. The lowest BCUT2D eigenvalue weighted by Crippen LogP contribution is -2.49. The first-order chi connectivity index (χ1) is 8.61. The van der Waals surface area contributed by atoms with E-state index in [-0.39, 0.29) is 12.0 Å². The van der Waals surface area contributed by atoms with E-state index in [0.29, 0.717) is 6.61 Å². The highest BCUT2D eigenvalue weighted by molar-refractivity contribution is 5.81. The zero-order valence-corrected chi connectivity index (χ0v) is 11.3. The Hall–Kier alpha value is -1.36. The Labute approximate surface area is 108 Å². The summed E-state index contributed by atoms with van der Waals surface area (Å²) in [7, 11) is 1.83. The van der Waals surface area contributed by atoms with E-state index in [2.05, 4.69) is 10.4 Å². The quantitative estimate of drug-likeness (QED) is 0.823. The lowest BCUT2D eigenvalue weighted by Gasteiger charge is -2.26. The van der Waals surface area contributed by atoms with Gasteiger partial charge in [0, 0.05) is 6.20 Å². The molecule has 2 rings (SSSR count). The number of hydrogen-bond acceptors (Lipinski definition) is 4. The third kappa shape index (κ3) is 2.27. The Morgan fingerprint density at radius 1 is 1.72 bits per heavy atom. The van der Waals surface area contributed by atoms with Crippen molar-refractivity contribution in [2.75, 3.05) is 13.7 Å². The molecule has 0 aliphatic heterocycles. The van der Waals surface area contributed by atoms with Crippen LogP contribution < -0.4 is 5.32 Å². The van der Waals surface area contributed by atoms with E-state index < -0.39 is 5.54 Å². The molecule has 5 nitrogen and oxygen atoms in total. The molecular formula is C13H21N3O2. The number of esters is 1. The van der Waals surface area contributed by atoms with Gasteiger partial charge in [0.15, 0.2) is 0 Å². The number of ether oxygens (including phenoxy) is 1. The molecule has 1 heterocycles. The van der Waals surface area contributed by atoms with Crippen LogP contribution in [0, 0.1) is 6.92 Å². The summed E-state index contributed by atoms with van der Waals surface area (Å²) in [5.41, 5.74) is 0.466. The lowest BCUT2D eigenvalue weighted by atomic mass is 9.98. The largest absolute Gasteiger partial charge is 0.465 e. The van der Waals surface area contributed by atoms with Crippen LogP contribution in [0.4, 0.5) is 0 Å². The molecule has 1 fully saturated rings. The summed E-state index contributed by atoms with van der Waals surface area (Å²) in [5, 5.41) is 7.59. The van der Waals surface area contributed by atoms with E-state index in [9.17, 15) is 4.79 Å². The van der Waals surface area contributed by atoms with Crippen molar-refractivity contribution in [3.05, 3.63) is 18.0 Å². The second kappa shape index (κ2) is 5.10. The van der Waals surface area contributed by atoms with Crippen LogP contribution in [0.15, 0.2) is 12.3 Å². The van der Waals surface area contributed by atoms with E-state index in [1.54, 1.807) is 0 Å². The predicted octanol–water partition coefficient (Wildman–Crippen LogP) is 1.44. The van der Waals surface area contributed by atoms with Crippen LogP contribution in [-0.2, 0) is 9.53 Å². The zero-order valence-electron chi connectivity index (χ0n) is 11.3. The van der Waals surface area contributed by atoms with Crippen molar-refractivity contribution in [1.29, 1.82) is 0 Å². The summed E-state index contributed by atoms with van der Waals surface area (Å²) >= 11 is 0. The second-order valence-corrected chi connectivity index (χ2v) is 4.89.